The van der Waals surface area contributed by atoms with Gasteiger partial charge in [-0.25, -0.2) is 4.98 Å². The van der Waals surface area contributed by atoms with Gasteiger partial charge in [-0.1, -0.05) is 24.3 Å². The molecule has 0 aliphatic heterocycles. The van der Waals surface area contributed by atoms with E-state index in [0.29, 0.717) is 12.4 Å². The second-order valence-electron chi connectivity index (χ2n) is 4.69. The summed E-state index contributed by atoms with van der Waals surface area (Å²) >= 11 is 0. The second kappa shape index (κ2) is 6.23. The highest BCUT2D eigenvalue weighted by molar-refractivity contribution is 5.68. The summed E-state index contributed by atoms with van der Waals surface area (Å²) in [5, 5.41) is 18.7. The average Bonchev–Trinajstić information content (AvgIpc) is 3.07. The Balaban J connectivity index is 1.88. The Bertz CT molecular complexity index is 739. The number of nitrogens with one attached hydrogen (secondary N) is 2. The van der Waals surface area contributed by atoms with Crippen molar-refractivity contribution in [1.29, 1.82) is 0 Å². The average molecular weight is 296 g/mol. The molecule has 0 amide bonds. The molecule has 0 bridgehead atoms. The molecule has 5 N–H and O–H groups in total. The summed E-state index contributed by atoms with van der Waals surface area (Å²) < 4.78 is 0. The minimum absolute atomic E-state index is 0.0259. The van der Waals surface area contributed by atoms with Crippen molar-refractivity contribution < 1.29 is 5.11 Å². The van der Waals surface area contributed by atoms with Crippen LogP contribution in [-0.2, 0) is 0 Å². The van der Waals surface area contributed by atoms with Crippen molar-refractivity contribution in [3.8, 4) is 22.5 Å². The van der Waals surface area contributed by atoms with E-state index in [1.165, 1.54) is 0 Å². The Morgan fingerprint density at radius 1 is 1.09 bits per heavy atom. The molecule has 0 fully saturated rings. The smallest absolute Gasteiger partial charge is 0.222 e. The summed E-state index contributed by atoms with van der Waals surface area (Å²) in [6.45, 7) is 0.437. The Morgan fingerprint density at radius 2 is 1.86 bits per heavy atom. The van der Waals surface area contributed by atoms with E-state index in [-0.39, 0.29) is 12.6 Å². The van der Waals surface area contributed by atoms with Gasteiger partial charge in [-0.2, -0.15) is 10.1 Å². The first-order chi connectivity index (χ1) is 10.8. The number of nitrogen functional groups attached to an aromatic ring is 1. The first-order valence-corrected chi connectivity index (χ1v) is 6.86. The molecular weight excluding hydrogens is 280 g/mol. The molecule has 22 heavy (non-hydrogen) atoms. The van der Waals surface area contributed by atoms with Crippen molar-refractivity contribution >= 4 is 11.8 Å². The number of hydrogen-bond acceptors (Lipinski definition) is 6. The van der Waals surface area contributed by atoms with E-state index in [4.69, 9.17) is 10.8 Å². The molecule has 0 saturated carbocycles. The second-order valence-corrected chi connectivity index (χ2v) is 4.69. The van der Waals surface area contributed by atoms with E-state index in [2.05, 4.69) is 25.5 Å². The van der Waals surface area contributed by atoms with Gasteiger partial charge in [-0.05, 0) is 11.6 Å². The predicted molar refractivity (Wildman–Crippen MR) is 85.0 cm³/mol. The number of benzene rings is 1. The first kappa shape index (κ1) is 14.0. The number of nitrogens with zero attached hydrogens (tertiary/aromatic N) is 3. The SMILES string of the molecule is Nc1nc(NCCO)cc(-c2ccc(-c3ccn[nH]3)cc2)n1. The van der Waals surface area contributed by atoms with Crippen LogP contribution in [0, 0.1) is 0 Å². The summed E-state index contributed by atoms with van der Waals surface area (Å²) in [6, 6.07) is 11.6. The number of aliphatic hydroxyl groups is 1. The molecule has 1 aromatic carbocycles. The van der Waals surface area contributed by atoms with Crippen LogP contribution in [0.15, 0.2) is 42.6 Å². The molecule has 3 aromatic rings. The molecule has 3 rings (SSSR count). The lowest BCUT2D eigenvalue weighted by Gasteiger charge is -2.08. The van der Waals surface area contributed by atoms with Gasteiger partial charge in [0.2, 0.25) is 5.95 Å². The molecule has 2 aromatic heterocycles. The molecule has 2 heterocycles. The van der Waals surface area contributed by atoms with Gasteiger partial charge < -0.3 is 16.2 Å². The van der Waals surface area contributed by atoms with Gasteiger partial charge in [0.05, 0.1) is 18.0 Å². The molecule has 0 aliphatic rings. The van der Waals surface area contributed by atoms with Gasteiger partial charge in [0.1, 0.15) is 5.82 Å². The maximum absolute atomic E-state index is 8.86. The number of aromatic amines is 1. The molecule has 7 heteroatoms. The third-order valence-electron chi connectivity index (χ3n) is 3.15. The number of H-pyrrole nitrogens is 1. The summed E-state index contributed by atoms with van der Waals surface area (Å²) in [6.07, 6.45) is 1.72. The molecule has 0 spiro atoms. The van der Waals surface area contributed by atoms with Crippen LogP contribution in [0.1, 0.15) is 0 Å². The molecule has 0 saturated heterocycles. The molecule has 0 radical (unpaired) electrons. The number of rotatable bonds is 5. The number of hydrogen-bond donors (Lipinski definition) is 4. The predicted octanol–water partition coefficient (Wildman–Crippen LogP) is 1.52. The summed E-state index contributed by atoms with van der Waals surface area (Å²) in [5.41, 5.74) is 9.40. The summed E-state index contributed by atoms with van der Waals surface area (Å²) in [4.78, 5) is 8.33. The van der Waals surface area contributed by atoms with Crippen LogP contribution >= 0.6 is 0 Å². The van der Waals surface area contributed by atoms with E-state index in [1.807, 2.05) is 30.3 Å². The highest BCUT2D eigenvalue weighted by atomic mass is 16.3. The van der Waals surface area contributed by atoms with Crippen molar-refractivity contribution in [2.24, 2.45) is 0 Å². The Kier molecular flexibility index (Phi) is 3.97. The van der Waals surface area contributed by atoms with Gasteiger partial charge in [0.25, 0.3) is 0 Å². The van der Waals surface area contributed by atoms with Crippen molar-refractivity contribution in [1.82, 2.24) is 20.2 Å². The summed E-state index contributed by atoms with van der Waals surface area (Å²) in [7, 11) is 0. The first-order valence-electron chi connectivity index (χ1n) is 6.86. The number of aliphatic hydroxyl groups excluding tert-OH is 1. The Labute approximate surface area is 127 Å². The largest absolute Gasteiger partial charge is 0.395 e. The fraction of sp³-hybridized carbons (Fsp3) is 0.133. The third-order valence-corrected chi connectivity index (χ3v) is 3.15. The van der Waals surface area contributed by atoms with Gasteiger partial charge >= 0.3 is 0 Å². The van der Waals surface area contributed by atoms with E-state index < -0.39 is 0 Å². The molecule has 112 valence electrons. The summed E-state index contributed by atoms with van der Waals surface area (Å²) in [5.74, 6) is 0.782. The Hall–Kier alpha value is -2.93. The number of aromatic nitrogens is 4. The van der Waals surface area contributed by atoms with Gasteiger partial charge in [-0.3, -0.25) is 5.10 Å². The fourth-order valence-electron chi connectivity index (χ4n) is 2.13. The monoisotopic (exact) mass is 296 g/mol. The van der Waals surface area contributed by atoms with E-state index in [9.17, 15) is 0 Å². The van der Waals surface area contributed by atoms with Crippen molar-refractivity contribution in [3.05, 3.63) is 42.6 Å². The van der Waals surface area contributed by atoms with Crippen LogP contribution in [-0.4, -0.2) is 38.4 Å². The van der Waals surface area contributed by atoms with E-state index in [1.54, 1.807) is 12.3 Å². The third kappa shape index (κ3) is 3.04. The normalized spacial score (nSPS) is 10.6. The van der Waals surface area contributed by atoms with Crippen molar-refractivity contribution in [3.63, 3.8) is 0 Å². The molecule has 7 nitrogen and oxygen atoms in total. The number of anilines is 2. The van der Waals surface area contributed by atoms with Crippen LogP contribution < -0.4 is 11.1 Å². The zero-order valence-electron chi connectivity index (χ0n) is 11.8. The van der Waals surface area contributed by atoms with Crippen LogP contribution in [0.25, 0.3) is 22.5 Å². The van der Waals surface area contributed by atoms with Crippen LogP contribution in [0.2, 0.25) is 0 Å². The molecule has 0 unspecified atom stereocenters. The van der Waals surface area contributed by atoms with Crippen LogP contribution in [0.5, 0.6) is 0 Å². The van der Waals surface area contributed by atoms with Crippen molar-refractivity contribution in [2.45, 2.75) is 0 Å². The zero-order chi connectivity index (χ0) is 15.4. The van der Waals surface area contributed by atoms with Gasteiger partial charge in [0.15, 0.2) is 0 Å². The fourth-order valence-corrected chi connectivity index (χ4v) is 2.13. The standard InChI is InChI=1S/C15H16N6O/c16-15-19-13(9-14(20-15)17-7-8-22)11-3-1-10(2-4-11)12-5-6-18-21-12/h1-6,9,22H,7-8H2,(H,18,21)(H3,16,17,19,20). The van der Waals surface area contributed by atoms with Crippen LogP contribution in [0.4, 0.5) is 11.8 Å². The lowest BCUT2D eigenvalue weighted by molar-refractivity contribution is 0.311. The minimum Gasteiger partial charge on any atom is -0.395 e. The number of nitrogens with two attached hydrogens (primary N) is 1. The highest BCUT2D eigenvalue weighted by Crippen LogP contribution is 2.24. The zero-order valence-corrected chi connectivity index (χ0v) is 11.8. The van der Waals surface area contributed by atoms with Gasteiger partial charge in [0, 0.05) is 24.4 Å². The van der Waals surface area contributed by atoms with Gasteiger partial charge in [-0.15, -0.1) is 0 Å². The highest BCUT2D eigenvalue weighted by Gasteiger charge is 2.06. The van der Waals surface area contributed by atoms with E-state index >= 15 is 0 Å². The quantitative estimate of drug-likeness (QED) is 0.568. The topological polar surface area (TPSA) is 113 Å². The Morgan fingerprint density at radius 3 is 2.55 bits per heavy atom. The maximum atomic E-state index is 8.86. The van der Waals surface area contributed by atoms with Crippen LogP contribution in [0.3, 0.4) is 0 Å². The molecule has 0 atom stereocenters. The van der Waals surface area contributed by atoms with E-state index in [0.717, 1.165) is 22.5 Å². The molecule has 0 aliphatic carbocycles. The minimum atomic E-state index is 0.0259. The molecular formula is C15H16N6O. The lowest BCUT2D eigenvalue weighted by Crippen LogP contribution is -2.09. The van der Waals surface area contributed by atoms with Crippen molar-refractivity contribution in [2.75, 3.05) is 24.2 Å². The maximum Gasteiger partial charge on any atom is 0.222 e. The lowest BCUT2D eigenvalue weighted by atomic mass is 10.1.